The summed E-state index contributed by atoms with van der Waals surface area (Å²) in [4.78, 5) is 11.5. The zero-order valence-corrected chi connectivity index (χ0v) is 11.5. The summed E-state index contributed by atoms with van der Waals surface area (Å²) in [6, 6.07) is 0.271. The van der Waals surface area contributed by atoms with E-state index in [0.29, 0.717) is 5.57 Å². The summed E-state index contributed by atoms with van der Waals surface area (Å²) in [5, 5.41) is 3.01. The molecule has 0 rings (SSSR count). The number of carbonyl (C=O) groups is 1. The fourth-order valence-electron chi connectivity index (χ4n) is 1.35. The highest BCUT2D eigenvalue weighted by Crippen LogP contribution is 2.05. The lowest BCUT2D eigenvalue weighted by atomic mass is 10.1. The van der Waals surface area contributed by atoms with Crippen LogP contribution in [0.2, 0.25) is 0 Å². The lowest BCUT2D eigenvalue weighted by molar-refractivity contribution is -0.888. The highest BCUT2D eigenvalue weighted by atomic mass is 16.1. The summed E-state index contributed by atoms with van der Waals surface area (Å²) in [6.45, 7) is 11.9. The lowest BCUT2D eigenvalue weighted by Crippen LogP contribution is -2.44. The van der Waals surface area contributed by atoms with Crippen LogP contribution in [0.5, 0.6) is 0 Å². The molecule has 0 aliphatic carbocycles. The van der Waals surface area contributed by atoms with Crippen LogP contribution in [0, 0.1) is 0 Å². The van der Waals surface area contributed by atoms with Crippen molar-refractivity contribution in [1.82, 2.24) is 5.32 Å². The monoisotopic (exact) mass is 227 g/mol. The molecule has 0 saturated carbocycles. The van der Waals surface area contributed by atoms with E-state index < -0.39 is 0 Å². The van der Waals surface area contributed by atoms with Crippen molar-refractivity contribution >= 4 is 5.91 Å². The third kappa shape index (κ3) is 5.91. The average Bonchev–Trinajstić information content (AvgIpc) is 2.23. The smallest absolute Gasteiger partial charge is 0.246 e. The highest BCUT2D eigenvalue weighted by molar-refractivity contribution is 5.92. The number of carbonyl (C=O) groups excluding carboxylic acids is 1. The summed E-state index contributed by atoms with van der Waals surface area (Å²) >= 11 is 0. The summed E-state index contributed by atoms with van der Waals surface area (Å²) < 4.78 is 0.999. The van der Waals surface area contributed by atoms with Gasteiger partial charge in [0.05, 0.1) is 27.2 Å². The van der Waals surface area contributed by atoms with Crippen molar-refractivity contribution in [2.24, 2.45) is 0 Å². The van der Waals surface area contributed by atoms with Gasteiger partial charge in [0.2, 0.25) is 5.91 Å². The number of rotatable bonds is 7. The van der Waals surface area contributed by atoms with Crippen molar-refractivity contribution in [3.05, 3.63) is 12.2 Å². The van der Waals surface area contributed by atoms with E-state index in [1.165, 1.54) is 0 Å². The Kier molecular flexibility index (Phi) is 6.34. The van der Waals surface area contributed by atoms with Crippen LogP contribution in [0.4, 0.5) is 0 Å². The second-order valence-corrected chi connectivity index (χ2v) is 5.12. The van der Waals surface area contributed by atoms with Crippen molar-refractivity contribution in [3.63, 3.8) is 0 Å². The Morgan fingerprint density at radius 2 is 1.94 bits per heavy atom. The van der Waals surface area contributed by atoms with Crippen molar-refractivity contribution < 1.29 is 9.28 Å². The van der Waals surface area contributed by atoms with E-state index in [4.69, 9.17) is 0 Å². The first-order chi connectivity index (χ1) is 7.32. The van der Waals surface area contributed by atoms with Gasteiger partial charge in [0, 0.05) is 18.0 Å². The molecule has 0 radical (unpaired) electrons. The van der Waals surface area contributed by atoms with Gasteiger partial charge in [0.15, 0.2) is 0 Å². The topological polar surface area (TPSA) is 29.1 Å². The minimum atomic E-state index is -0.0198. The predicted octanol–water partition coefficient (Wildman–Crippen LogP) is 1.94. The first kappa shape index (κ1) is 15.2. The van der Waals surface area contributed by atoms with Crippen molar-refractivity contribution in [2.45, 2.75) is 39.7 Å². The fourth-order valence-corrected chi connectivity index (χ4v) is 1.35. The molecule has 1 N–H and O–H groups in total. The molecule has 16 heavy (non-hydrogen) atoms. The maximum Gasteiger partial charge on any atom is 0.246 e. The van der Waals surface area contributed by atoms with Gasteiger partial charge < -0.3 is 9.80 Å². The second kappa shape index (κ2) is 6.69. The average molecular weight is 227 g/mol. The molecule has 0 spiro atoms. The molecule has 0 aromatic carbocycles. The Balaban J connectivity index is 4.12. The van der Waals surface area contributed by atoms with Crippen LogP contribution in [0.3, 0.4) is 0 Å². The standard InChI is InChI=1S/C13H26N2O/c1-7-12(14-13(16)11(3)4)9-10-15(5,6)8-2/h12H,3,7-10H2,1-2,4-6H3/p+1. The van der Waals surface area contributed by atoms with Gasteiger partial charge >= 0.3 is 0 Å². The molecule has 3 heteroatoms. The maximum atomic E-state index is 11.5. The third-order valence-corrected chi connectivity index (χ3v) is 3.15. The van der Waals surface area contributed by atoms with Gasteiger partial charge in [-0.2, -0.15) is 0 Å². The Labute approximate surface area is 100 Å². The lowest BCUT2D eigenvalue weighted by Gasteiger charge is -2.30. The molecule has 0 saturated heterocycles. The minimum absolute atomic E-state index is 0.0198. The van der Waals surface area contributed by atoms with Crippen LogP contribution < -0.4 is 5.32 Å². The van der Waals surface area contributed by atoms with E-state index in [0.717, 1.165) is 30.4 Å². The number of hydrogen-bond acceptors (Lipinski definition) is 1. The summed E-state index contributed by atoms with van der Waals surface area (Å²) in [6.07, 6.45) is 2.00. The largest absolute Gasteiger partial charge is 0.349 e. The number of quaternary nitrogens is 1. The summed E-state index contributed by atoms with van der Waals surface area (Å²) in [5.74, 6) is -0.0198. The second-order valence-electron chi connectivity index (χ2n) is 5.12. The van der Waals surface area contributed by atoms with Gasteiger partial charge in [-0.1, -0.05) is 13.5 Å². The molecular formula is C13H27N2O+. The van der Waals surface area contributed by atoms with Crippen LogP contribution in [0.15, 0.2) is 12.2 Å². The van der Waals surface area contributed by atoms with Crippen LogP contribution >= 0.6 is 0 Å². The molecule has 1 unspecified atom stereocenters. The molecule has 0 heterocycles. The Morgan fingerprint density at radius 1 is 1.38 bits per heavy atom. The van der Waals surface area contributed by atoms with E-state index in [-0.39, 0.29) is 11.9 Å². The molecule has 0 fully saturated rings. The zero-order valence-electron chi connectivity index (χ0n) is 11.5. The number of nitrogens with zero attached hydrogens (tertiary/aromatic N) is 1. The Hall–Kier alpha value is -0.830. The van der Waals surface area contributed by atoms with Gasteiger partial charge in [0.1, 0.15) is 0 Å². The SMILES string of the molecule is C=C(C)C(=O)NC(CC)CC[N+](C)(C)CC. The molecule has 94 valence electrons. The minimum Gasteiger partial charge on any atom is -0.349 e. The van der Waals surface area contributed by atoms with Gasteiger partial charge in [-0.15, -0.1) is 0 Å². The van der Waals surface area contributed by atoms with Crippen LogP contribution in [0.25, 0.3) is 0 Å². The first-order valence-corrected chi connectivity index (χ1v) is 6.10. The molecule has 0 aromatic rings. The van der Waals surface area contributed by atoms with Crippen molar-refractivity contribution in [1.29, 1.82) is 0 Å². The summed E-state index contributed by atoms with van der Waals surface area (Å²) in [7, 11) is 4.43. The highest BCUT2D eigenvalue weighted by Gasteiger charge is 2.17. The number of hydrogen-bond donors (Lipinski definition) is 1. The third-order valence-electron chi connectivity index (χ3n) is 3.15. The van der Waals surface area contributed by atoms with Crippen LogP contribution in [-0.2, 0) is 4.79 Å². The van der Waals surface area contributed by atoms with Gasteiger partial charge in [-0.25, -0.2) is 0 Å². The number of amides is 1. The van der Waals surface area contributed by atoms with E-state index in [1.807, 2.05) is 0 Å². The molecule has 3 nitrogen and oxygen atoms in total. The van der Waals surface area contributed by atoms with Crippen LogP contribution in [-0.4, -0.2) is 43.6 Å². The molecule has 1 atom stereocenters. The van der Waals surface area contributed by atoms with Gasteiger partial charge in [0.25, 0.3) is 0 Å². The predicted molar refractivity (Wildman–Crippen MR) is 69.2 cm³/mol. The zero-order chi connectivity index (χ0) is 12.8. The Morgan fingerprint density at radius 3 is 2.31 bits per heavy atom. The molecule has 0 bridgehead atoms. The summed E-state index contributed by atoms with van der Waals surface area (Å²) in [5.41, 5.74) is 0.586. The van der Waals surface area contributed by atoms with E-state index >= 15 is 0 Å². The molecule has 0 aliphatic rings. The quantitative estimate of drug-likeness (QED) is 0.523. The Bertz CT molecular complexity index is 246. The fraction of sp³-hybridized carbons (Fsp3) is 0.769. The molecular weight excluding hydrogens is 200 g/mol. The molecule has 0 aliphatic heterocycles. The van der Waals surface area contributed by atoms with E-state index in [1.54, 1.807) is 6.92 Å². The normalized spacial score (nSPS) is 13.3. The van der Waals surface area contributed by atoms with E-state index in [9.17, 15) is 4.79 Å². The van der Waals surface area contributed by atoms with Crippen molar-refractivity contribution in [3.8, 4) is 0 Å². The molecule has 1 amide bonds. The van der Waals surface area contributed by atoms with Crippen LogP contribution in [0.1, 0.15) is 33.6 Å². The van der Waals surface area contributed by atoms with E-state index in [2.05, 4.69) is 39.8 Å². The van der Waals surface area contributed by atoms with Crippen molar-refractivity contribution in [2.75, 3.05) is 27.2 Å². The molecule has 0 aromatic heterocycles. The number of nitrogens with one attached hydrogen (secondary N) is 1. The first-order valence-electron chi connectivity index (χ1n) is 6.10. The van der Waals surface area contributed by atoms with Gasteiger partial charge in [-0.3, -0.25) is 4.79 Å². The van der Waals surface area contributed by atoms with Gasteiger partial charge in [-0.05, 0) is 20.3 Å². The maximum absolute atomic E-state index is 11.5.